The Morgan fingerprint density at radius 3 is 2.84 bits per heavy atom. The zero-order valence-corrected chi connectivity index (χ0v) is 12.8. The first-order valence-electron chi connectivity index (χ1n) is 6.49. The molecule has 4 nitrogen and oxygen atoms in total. The number of carbonyl (C=O) groups is 1. The Kier molecular flexibility index (Phi) is 4.16. The molecule has 0 aromatic carbocycles. The van der Waals surface area contributed by atoms with Crippen molar-refractivity contribution in [3.63, 3.8) is 0 Å². The van der Waals surface area contributed by atoms with Gasteiger partial charge in [0, 0.05) is 17.0 Å². The highest BCUT2D eigenvalue weighted by atomic mass is 35.5. The van der Waals surface area contributed by atoms with Crippen LogP contribution < -0.4 is 5.32 Å². The van der Waals surface area contributed by atoms with Gasteiger partial charge in [0.1, 0.15) is 11.5 Å². The zero-order chi connectivity index (χ0) is 12.7. The van der Waals surface area contributed by atoms with Gasteiger partial charge in [0.15, 0.2) is 0 Å². The third-order valence-corrected chi connectivity index (χ3v) is 4.75. The fraction of sp³-hybridized carbons (Fsp3) is 0.538. The number of guanidine groups is 1. The quantitative estimate of drug-likeness (QED) is 0.932. The number of halogens is 1. The van der Waals surface area contributed by atoms with Gasteiger partial charge < -0.3 is 4.90 Å². The summed E-state index contributed by atoms with van der Waals surface area (Å²) in [7, 11) is 0. The molecule has 0 spiro atoms. The molecule has 2 aliphatic rings. The van der Waals surface area contributed by atoms with Crippen molar-refractivity contribution in [3.8, 4) is 0 Å². The van der Waals surface area contributed by atoms with Gasteiger partial charge in [0.25, 0.3) is 0 Å². The minimum atomic E-state index is 0. The molecule has 6 heteroatoms. The summed E-state index contributed by atoms with van der Waals surface area (Å²) in [4.78, 5) is 19.5. The van der Waals surface area contributed by atoms with Crippen LogP contribution in [0.15, 0.2) is 4.99 Å². The van der Waals surface area contributed by atoms with E-state index < -0.39 is 0 Å². The zero-order valence-electron chi connectivity index (χ0n) is 11.2. The Bertz CT molecular complexity index is 538. The average molecular weight is 300 g/mol. The monoisotopic (exact) mass is 299 g/mol. The Hall–Kier alpha value is -1.07. The van der Waals surface area contributed by atoms with Crippen LogP contribution in [0.1, 0.15) is 36.3 Å². The van der Waals surface area contributed by atoms with E-state index in [1.807, 2.05) is 4.90 Å². The van der Waals surface area contributed by atoms with Crippen molar-refractivity contribution >= 4 is 40.6 Å². The number of hydrogen-bond acceptors (Lipinski definition) is 4. The first-order valence-corrected chi connectivity index (χ1v) is 7.31. The molecule has 0 bridgehead atoms. The molecule has 3 heterocycles. The minimum Gasteiger partial charge on any atom is -0.329 e. The van der Waals surface area contributed by atoms with Gasteiger partial charge in [-0.2, -0.15) is 0 Å². The van der Waals surface area contributed by atoms with Gasteiger partial charge in [-0.05, 0) is 18.4 Å². The molecule has 2 aliphatic heterocycles. The number of nitrogens with one attached hydrogen (secondary N) is 1. The van der Waals surface area contributed by atoms with E-state index in [9.17, 15) is 4.79 Å². The van der Waals surface area contributed by atoms with Crippen molar-refractivity contribution < 1.29 is 4.79 Å². The summed E-state index contributed by atoms with van der Waals surface area (Å²) in [6.45, 7) is 5.69. The summed E-state index contributed by atoms with van der Waals surface area (Å²) in [5.74, 6) is 0.788. The SMILES string of the molecule is CCCc1c(CC)sc2c1CN1CC(=O)NC1=N2.Cl. The van der Waals surface area contributed by atoms with Gasteiger partial charge in [-0.1, -0.05) is 20.3 Å². The number of fused-ring (bicyclic) bond motifs is 2. The molecule has 3 rings (SSSR count). The number of aliphatic imine (C=N–C) groups is 1. The molecule has 1 N–H and O–H groups in total. The van der Waals surface area contributed by atoms with Crippen molar-refractivity contribution in [2.45, 2.75) is 39.7 Å². The van der Waals surface area contributed by atoms with Crippen LogP contribution in [0.25, 0.3) is 0 Å². The molecule has 1 fully saturated rings. The molecular formula is C13H18ClN3OS. The Balaban J connectivity index is 0.00000133. The maximum absolute atomic E-state index is 11.4. The maximum atomic E-state index is 11.4. The van der Waals surface area contributed by atoms with E-state index in [0.29, 0.717) is 6.54 Å². The van der Waals surface area contributed by atoms with E-state index in [1.165, 1.54) is 16.0 Å². The summed E-state index contributed by atoms with van der Waals surface area (Å²) in [6.07, 6.45) is 3.35. The molecule has 1 amide bonds. The van der Waals surface area contributed by atoms with Gasteiger partial charge in [0.2, 0.25) is 11.9 Å². The lowest BCUT2D eigenvalue weighted by Crippen LogP contribution is -2.31. The van der Waals surface area contributed by atoms with Crippen LogP contribution in [0, 0.1) is 0 Å². The minimum absolute atomic E-state index is 0. The van der Waals surface area contributed by atoms with Crippen molar-refractivity contribution in [3.05, 3.63) is 16.0 Å². The highest BCUT2D eigenvalue weighted by Crippen LogP contribution is 2.40. The Labute approximate surface area is 123 Å². The summed E-state index contributed by atoms with van der Waals surface area (Å²) in [5.41, 5.74) is 2.82. The predicted molar refractivity (Wildman–Crippen MR) is 80.6 cm³/mol. The van der Waals surface area contributed by atoms with Gasteiger partial charge >= 0.3 is 0 Å². The predicted octanol–water partition coefficient (Wildman–Crippen LogP) is 2.62. The Morgan fingerprint density at radius 2 is 2.16 bits per heavy atom. The lowest BCUT2D eigenvalue weighted by molar-refractivity contribution is -0.118. The van der Waals surface area contributed by atoms with Gasteiger partial charge in [-0.15, -0.1) is 23.7 Å². The van der Waals surface area contributed by atoms with E-state index in [0.717, 1.165) is 36.8 Å². The molecule has 19 heavy (non-hydrogen) atoms. The number of aryl methyl sites for hydroxylation is 1. The highest BCUT2D eigenvalue weighted by molar-refractivity contribution is 7.16. The summed E-state index contributed by atoms with van der Waals surface area (Å²) in [5, 5.41) is 3.92. The molecule has 0 atom stereocenters. The fourth-order valence-electron chi connectivity index (χ4n) is 2.62. The second-order valence-corrected chi connectivity index (χ2v) is 5.81. The second kappa shape index (κ2) is 5.51. The van der Waals surface area contributed by atoms with Crippen LogP contribution in [0.5, 0.6) is 0 Å². The molecule has 1 aromatic heterocycles. The highest BCUT2D eigenvalue weighted by Gasteiger charge is 2.31. The van der Waals surface area contributed by atoms with Crippen LogP contribution in [0.3, 0.4) is 0 Å². The average Bonchev–Trinajstić information content (AvgIpc) is 2.86. The molecule has 1 aromatic rings. The first kappa shape index (κ1) is 14.3. The smallest absolute Gasteiger partial charge is 0.246 e. The molecule has 1 saturated heterocycles. The van der Waals surface area contributed by atoms with Crippen molar-refractivity contribution in [1.82, 2.24) is 10.2 Å². The number of hydrogen-bond donors (Lipinski definition) is 1. The molecule has 0 radical (unpaired) electrons. The molecule has 104 valence electrons. The normalized spacial score (nSPS) is 16.4. The summed E-state index contributed by atoms with van der Waals surface area (Å²) >= 11 is 1.79. The van der Waals surface area contributed by atoms with Crippen LogP contribution in [-0.4, -0.2) is 23.3 Å². The number of nitrogens with zero attached hydrogens (tertiary/aromatic N) is 2. The largest absolute Gasteiger partial charge is 0.329 e. The lowest BCUT2D eigenvalue weighted by atomic mass is 10.0. The molecule has 0 unspecified atom stereocenters. The molecule has 0 aliphatic carbocycles. The van der Waals surface area contributed by atoms with E-state index in [4.69, 9.17) is 0 Å². The van der Waals surface area contributed by atoms with Crippen LogP contribution in [0.2, 0.25) is 0 Å². The van der Waals surface area contributed by atoms with E-state index in [-0.39, 0.29) is 18.3 Å². The standard InChI is InChI=1S/C13H17N3OS.ClH/c1-3-5-8-9-6-16-7-11(17)14-13(16)15-12(9)18-10(8)4-2;/h3-7H2,1-2H3,(H,14,15,17);1H. The van der Waals surface area contributed by atoms with Crippen molar-refractivity contribution in [2.75, 3.05) is 6.54 Å². The number of rotatable bonds is 3. The Morgan fingerprint density at radius 1 is 1.37 bits per heavy atom. The molecular weight excluding hydrogens is 282 g/mol. The van der Waals surface area contributed by atoms with Crippen LogP contribution in [-0.2, 0) is 24.2 Å². The summed E-state index contributed by atoms with van der Waals surface area (Å²) < 4.78 is 0. The van der Waals surface area contributed by atoms with Gasteiger partial charge in [-0.25, -0.2) is 4.99 Å². The van der Waals surface area contributed by atoms with E-state index in [1.54, 1.807) is 11.3 Å². The first-order chi connectivity index (χ1) is 8.72. The van der Waals surface area contributed by atoms with Gasteiger partial charge in [0.05, 0.1) is 0 Å². The third-order valence-electron chi connectivity index (χ3n) is 3.44. The van der Waals surface area contributed by atoms with Crippen LogP contribution in [0.4, 0.5) is 5.00 Å². The fourth-order valence-corrected chi connectivity index (χ4v) is 3.79. The van der Waals surface area contributed by atoms with Crippen molar-refractivity contribution in [1.29, 1.82) is 0 Å². The number of carbonyl (C=O) groups excluding carboxylic acids is 1. The number of thiophene rings is 1. The number of amides is 1. The maximum Gasteiger partial charge on any atom is 0.246 e. The molecule has 0 saturated carbocycles. The second-order valence-electron chi connectivity index (χ2n) is 4.73. The van der Waals surface area contributed by atoms with Gasteiger partial charge in [-0.3, -0.25) is 10.1 Å². The van der Waals surface area contributed by atoms with E-state index >= 15 is 0 Å². The lowest BCUT2D eigenvalue weighted by Gasteiger charge is -2.21. The topological polar surface area (TPSA) is 44.7 Å². The summed E-state index contributed by atoms with van der Waals surface area (Å²) in [6, 6.07) is 0. The van der Waals surface area contributed by atoms with Crippen molar-refractivity contribution in [2.24, 2.45) is 4.99 Å². The third kappa shape index (κ3) is 2.37. The van der Waals surface area contributed by atoms with E-state index in [2.05, 4.69) is 24.2 Å². The van der Waals surface area contributed by atoms with Crippen LogP contribution >= 0.6 is 23.7 Å².